The van der Waals surface area contributed by atoms with E-state index in [2.05, 4.69) is 0 Å². The zero-order valence-corrected chi connectivity index (χ0v) is 12.1. The third-order valence-electron chi connectivity index (χ3n) is 4.54. The van der Waals surface area contributed by atoms with Gasteiger partial charge in [0.1, 0.15) is 5.82 Å². The maximum Gasteiger partial charge on any atom is 0.243 e. The van der Waals surface area contributed by atoms with E-state index < -0.39 is 15.8 Å². The predicted molar refractivity (Wildman–Crippen MR) is 75.1 cm³/mol. The second kappa shape index (κ2) is 5.00. The zero-order chi connectivity index (χ0) is 14.3. The van der Waals surface area contributed by atoms with Gasteiger partial charge < -0.3 is 5.73 Å². The molecule has 1 saturated heterocycles. The number of rotatable bonds is 2. The highest BCUT2D eigenvalue weighted by Crippen LogP contribution is 2.39. The van der Waals surface area contributed by atoms with E-state index >= 15 is 0 Å². The minimum Gasteiger partial charge on any atom is -0.396 e. The maximum absolute atomic E-state index is 13.5. The highest BCUT2D eigenvalue weighted by atomic mass is 32.2. The van der Waals surface area contributed by atoms with E-state index in [1.54, 1.807) is 4.31 Å². The average Bonchev–Trinajstić information content (AvgIpc) is 2.86. The average molecular weight is 298 g/mol. The molecule has 0 amide bonds. The molecule has 6 heteroatoms. The Hall–Kier alpha value is -1.14. The summed E-state index contributed by atoms with van der Waals surface area (Å²) in [6.07, 6.45) is 5.20. The standard InChI is InChI=1S/C14H19FN2O2S/c15-12-9-11(5-6-13(12)16)20(18,19)17-8-7-10-3-1-2-4-14(10)17/h5-6,9-10,14H,1-4,7-8,16H2. The highest BCUT2D eigenvalue weighted by molar-refractivity contribution is 7.89. The van der Waals surface area contributed by atoms with Gasteiger partial charge in [-0.05, 0) is 43.4 Å². The number of hydrogen-bond donors (Lipinski definition) is 1. The maximum atomic E-state index is 13.5. The SMILES string of the molecule is Nc1ccc(S(=O)(=O)N2CCC3CCCCC32)cc1F. The van der Waals surface area contributed by atoms with E-state index in [0.717, 1.165) is 31.7 Å². The molecule has 0 spiro atoms. The van der Waals surface area contributed by atoms with Crippen LogP contribution in [0.25, 0.3) is 0 Å². The summed E-state index contributed by atoms with van der Waals surface area (Å²) in [5.74, 6) is -0.206. The van der Waals surface area contributed by atoms with Crippen molar-refractivity contribution in [1.82, 2.24) is 4.31 Å². The summed E-state index contributed by atoms with van der Waals surface area (Å²) in [4.78, 5) is 0.00965. The van der Waals surface area contributed by atoms with Crippen molar-refractivity contribution < 1.29 is 12.8 Å². The van der Waals surface area contributed by atoms with Gasteiger partial charge in [0.05, 0.1) is 10.6 Å². The van der Waals surface area contributed by atoms with Crippen molar-refractivity contribution >= 4 is 15.7 Å². The lowest BCUT2D eigenvalue weighted by Crippen LogP contribution is -2.39. The number of nitrogen functional groups attached to an aromatic ring is 1. The van der Waals surface area contributed by atoms with Crippen LogP contribution in [0.5, 0.6) is 0 Å². The summed E-state index contributed by atoms with van der Waals surface area (Å²) >= 11 is 0. The molecule has 1 aliphatic heterocycles. The normalized spacial score (nSPS) is 27.4. The summed E-state index contributed by atoms with van der Waals surface area (Å²) in [5, 5.41) is 0. The van der Waals surface area contributed by atoms with Crippen molar-refractivity contribution in [2.24, 2.45) is 5.92 Å². The molecule has 1 aromatic carbocycles. The van der Waals surface area contributed by atoms with E-state index in [4.69, 9.17) is 5.73 Å². The van der Waals surface area contributed by atoms with Gasteiger partial charge in [0.25, 0.3) is 0 Å². The molecule has 1 aliphatic carbocycles. The fraction of sp³-hybridized carbons (Fsp3) is 0.571. The first-order valence-corrected chi connectivity index (χ1v) is 8.51. The Labute approximate surface area is 118 Å². The number of halogens is 1. The topological polar surface area (TPSA) is 63.4 Å². The third-order valence-corrected chi connectivity index (χ3v) is 6.46. The molecule has 110 valence electrons. The van der Waals surface area contributed by atoms with Gasteiger partial charge in [0.15, 0.2) is 0 Å². The minimum absolute atomic E-state index is 0.00965. The van der Waals surface area contributed by atoms with Gasteiger partial charge in [0, 0.05) is 12.6 Å². The van der Waals surface area contributed by atoms with Gasteiger partial charge in [-0.3, -0.25) is 0 Å². The molecule has 4 nitrogen and oxygen atoms in total. The van der Waals surface area contributed by atoms with E-state index in [1.165, 1.54) is 18.6 Å². The second-order valence-corrected chi connectivity index (χ2v) is 7.59. The zero-order valence-electron chi connectivity index (χ0n) is 11.3. The first-order chi connectivity index (χ1) is 9.50. The number of benzene rings is 1. The molecule has 3 rings (SSSR count). The monoisotopic (exact) mass is 298 g/mol. The first kappa shape index (κ1) is 13.8. The van der Waals surface area contributed by atoms with Crippen molar-refractivity contribution in [2.45, 2.75) is 43.0 Å². The molecule has 0 aromatic heterocycles. The Balaban J connectivity index is 1.93. The number of sulfonamides is 1. The van der Waals surface area contributed by atoms with Crippen LogP contribution in [-0.2, 0) is 10.0 Å². The van der Waals surface area contributed by atoms with Gasteiger partial charge in [0.2, 0.25) is 10.0 Å². The number of nitrogens with two attached hydrogens (primary N) is 1. The van der Waals surface area contributed by atoms with Crippen LogP contribution in [-0.4, -0.2) is 25.3 Å². The lowest BCUT2D eigenvalue weighted by molar-refractivity contribution is 0.260. The molecule has 2 N–H and O–H groups in total. The number of anilines is 1. The van der Waals surface area contributed by atoms with Crippen molar-refractivity contribution in [1.29, 1.82) is 0 Å². The molecule has 2 atom stereocenters. The van der Waals surface area contributed by atoms with Crippen LogP contribution in [0.2, 0.25) is 0 Å². The molecule has 2 aliphatic rings. The molecule has 0 bridgehead atoms. The summed E-state index contributed by atoms with van der Waals surface area (Å²) in [6, 6.07) is 3.83. The number of nitrogens with zero attached hydrogens (tertiary/aromatic N) is 1. The summed E-state index contributed by atoms with van der Waals surface area (Å²) < 4.78 is 40.4. The van der Waals surface area contributed by atoms with Gasteiger partial charge in [-0.1, -0.05) is 12.8 Å². The smallest absolute Gasteiger partial charge is 0.243 e. The Kier molecular flexibility index (Phi) is 3.46. The van der Waals surface area contributed by atoms with E-state index in [0.29, 0.717) is 12.5 Å². The summed E-state index contributed by atoms with van der Waals surface area (Å²) in [6.45, 7) is 0.545. The lowest BCUT2D eigenvalue weighted by atomic mass is 9.86. The summed E-state index contributed by atoms with van der Waals surface area (Å²) in [5.41, 5.74) is 5.38. The van der Waals surface area contributed by atoms with E-state index in [-0.39, 0.29) is 16.6 Å². The van der Waals surface area contributed by atoms with Crippen LogP contribution in [0.3, 0.4) is 0 Å². The van der Waals surface area contributed by atoms with Crippen LogP contribution in [0.4, 0.5) is 10.1 Å². The lowest BCUT2D eigenvalue weighted by Gasteiger charge is -2.31. The Morgan fingerprint density at radius 2 is 1.95 bits per heavy atom. The fourth-order valence-electron chi connectivity index (χ4n) is 3.46. The number of hydrogen-bond acceptors (Lipinski definition) is 3. The second-order valence-electron chi connectivity index (χ2n) is 5.70. The van der Waals surface area contributed by atoms with Gasteiger partial charge in [-0.25, -0.2) is 12.8 Å². The van der Waals surface area contributed by atoms with E-state index in [9.17, 15) is 12.8 Å². The molecule has 2 fully saturated rings. The van der Waals surface area contributed by atoms with Crippen molar-refractivity contribution in [3.63, 3.8) is 0 Å². The van der Waals surface area contributed by atoms with Gasteiger partial charge in [-0.2, -0.15) is 4.31 Å². The fourth-order valence-corrected chi connectivity index (χ4v) is 5.21. The molecule has 20 heavy (non-hydrogen) atoms. The quantitative estimate of drug-likeness (QED) is 0.853. The third kappa shape index (κ3) is 2.20. The van der Waals surface area contributed by atoms with Crippen LogP contribution >= 0.6 is 0 Å². The minimum atomic E-state index is -3.61. The van der Waals surface area contributed by atoms with E-state index in [1.807, 2.05) is 0 Å². The molecule has 0 radical (unpaired) electrons. The molecule has 1 aromatic rings. The van der Waals surface area contributed by atoms with Crippen LogP contribution < -0.4 is 5.73 Å². The Morgan fingerprint density at radius 3 is 2.70 bits per heavy atom. The molecule has 1 saturated carbocycles. The summed E-state index contributed by atoms with van der Waals surface area (Å²) in [7, 11) is -3.61. The van der Waals surface area contributed by atoms with Crippen LogP contribution in [0.1, 0.15) is 32.1 Å². The Morgan fingerprint density at radius 1 is 1.20 bits per heavy atom. The van der Waals surface area contributed by atoms with Gasteiger partial charge >= 0.3 is 0 Å². The van der Waals surface area contributed by atoms with Crippen LogP contribution in [0, 0.1) is 11.7 Å². The predicted octanol–water partition coefficient (Wildman–Crippen LogP) is 2.36. The van der Waals surface area contributed by atoms with Gasteiger partial charge in [-0.15, -0.1) is 0 Å². The van der Waals surface area contributed by atoms with Crippen LogP contribution in [0.15, 0.2) is 23.1 Å². The van der Waals surface area contributed by atoms with Crippen molar-refractivity contribution in [3.05, 3.63) is 24.0 Å². The largest absolute Gasteiger partial charge is 0.396 e. The molecular weight excluding hydrogens is 279 g/mol. The van der Waals surface area contributed by atoms with Crippen molar-refractivity contribution in [2.75, 3.05) is 12.3 Å². The molecule has 2 unspecified atom stereocenters. The van der Waals surface area contributed by atoms with Crippen molar-refractivity contribution in [3.8, 4) is 0 Å². The highest BCUT2D eigenvalue weighted by Gasteiger charge is 2.42. The number of fused-ring (bicyclic) bond motifs is 1. The molecular formula is C14H19FN2O2S. The molecule has 1 heterocycles. The Bertz CT molecular complexity index is 618. The first-order valence-electron chi connectivity index (χ1n) is 7.07.